The van der Waals surface area contributed by atoms with Crippen molar-refractivity contribution in [1.29, 1.82) is 0 Å². The van der Waals surface area contributed by atoms with Crippen LogP contribution in [0.4, 0.5) is 10.1 Å². The minimum absolute atomic E-state index is 0.108. The lowest BCUT2D eigenvalue weighted by Crippen LogP contribution is -2.27. The van der Waals surface area contributed by atoms with E-state index >= 15 is 0 Å². The van der Waals surface area contributed by atoms with Crippen molar-refractivity contribution in [2.75, 3.05) is 52.2 Å². The predicted molar refractivity (Wildman–Crippen MR) is 178 cm³/mol. The van der Waals surface area contributed by atoms with Crippen molar-refractivity contribution in [2.45, 2.75) is 12.8 Å². The number of H-pyrrole nitrogens is 2. The topological polar surface area (TPSA) is 115 Å². The predicted octanol–water partition coefficient (Wildman–Crippen LogP) is 5.95. The summed E-state index contributed by atoms with van der Waals surface area (Å²) in [5.74, 6) is 0.0130. The van der Waals surface area contributed by atoms with Crippen molar-refractivity contribution < 1.29 is 13.9 Å². The Balaban J connectivity index is 1.18. The lowest BCUT2D eigenvalue weighted by molar-refractivity contribution is -0.116. The molecular formula is C35H35FN8O2. The SMILES string of the molecule is CN(C)CC(=O)Nc1cncc(-c2ccc3[nH]nc(-c4cc5c(-c6cc(F)cc(OCCN7CCCC7)c6)nccc5[nH]4)c3c2)c1. The molecule has 0 saturated carbocycles. The number of fused-ring (bicyclic) bond motifs is 2. The van der Waals surface area contributed by atoms with Crippen molar-refractivity contribution in [1.82, 2.24) is 34.9 Å². The largest absolute Gasteiger partial charge is 0.492 e. The van der Waals surface area contributed by atoms with E-state index < -0.39 is 0 Å². The van der Waals surface area contributed by atoms with Gasteiger partial charge in [-0.1, -0.05) is 6.07 Å². The highest BCUT2D eigenvalue weighted by Crippen LogP contribution is 2.35. The third-order valence-corrected chi connectivity index (χ3v) is 8.20. The number of hydrogen-bond donors (Lipinski definition) is 3. The molecule has 6 aromatic rings. The number of amides is 1. The van der Waals surface area contributed by atoms with Gasteiger partial charge in [-0.2, -0.15) is 5.10 Å². The number of carbonyl (C=O) groups excluding carboxylic acids is 1. The molecule has 1 fully saturated rings. The van der Waals surface area contributed by atoms with Crippen molar-refractivity contribution >= 4 is 33.4 Å². The van der Waals surface area contributed by atoms with Gasteiger partial charge in [-0.15, -0.1) is 0 Å². The summed E-state index contributed by atoms with van der Waals surface area (Å²) in [4.78, 5) is 28.9. The maximum absolute atomic E-state index is 14.8. The lowest BCUT2D eigenvalue weighted by atomic mass is 10.0. The van der Waals surface area contributed by atoms with Gasteiger partial charge in [0.05, 0.1) is 35.3 Å². The number of anilines is 1. The van der Waals surface area contributed by atoms with Crippen LogP contribution in [0.25, 0.3) is 55.6 Å². The summed E-state index contributed by atoms with van der Waals surface area (Å²) in [5, 5.41) is 12.4. The first-order valence-electron chi connectivity index (χ1n) is 15.4. The molecule has 1 aliphatic rings. The fourth-order valence-electron chi connectivity index (χ4n) is 6.05. The summed E-state index contributed by atoms with van der Waals surface area (Å²) in [6, 6.07) is 16.6. The average molecular weight is 619 g/mol. The smallest absolute Gasteiger partial charge is 0.238 e. The number of nitrogens with zero attached hydrogens (tertiary/aromatic N) is 5. The molecule has 0 unspecified atom stereocenters. The summed E-state index contributed by atoms with van der Waals surface area (Å²) in [6.45, 7) is 3.80. The number of rotatable bonds is 10. The molecule has 2 aromatic carbocycles. The Bertz CT molecular complexity index is 2030. The molecule has 0 aliphatic carbocycles. The highest BCUT2D eigenvalue weighted by Gasteiger charge is 2.17. The van der Waals surface area contributed by atoms with E-state index in [4.69, 9.17) is 4.74 Å². The highest BCUT2D eigenvalue weighted by atomic mass is 19.1. The van der Waals surface area contributed by atoms with E-state index in [2.05, 4.69) is 41.4 Å². The van der Waals surface area contributed by atoms with Crippen molar-refractivity contribution in [3.8, 4) is 39.5 Å². The van der Waals surface area contributed by atoms with Gasteiger partial charge in [0.25, 0.3) is 0 Å². The van der Waals surface area contributed by atoms with Gasteiger partial charge in [0, 0.05) is 52.4 Å². The van der Waals surface area contributed by atoms with Crippen LogP contribution in [0.1, 0.15) is 12.8 Å². The Hall–Kier alpha value is -5.13. The van der Waals surface area contributed by atoms with Gasteiger partial charge in [0.2, 0.25) is 5.91 Å². The van der Waals surface area contributed by atoms with Crippen molar-refractivity contribution in [3.05, 3.63) is 79.0 Å². The maximum Gasteiger partial charge on any atom is 0.238 e. The van der Waals surface area contributed by atoms with Gasteiger partial charge < -0.3 is 19.9 Å². The zero-order valence-corrected chi connectivity index (χ0v) is 25.8. The number of pyridine rings is 2. The summed E-state index contributed by atoms with van der Waals surface area (Å²) in [7, 11) is 3.70. The molecule has 1 saturated heterocycles. The van der Waals surface area contributed by atoms with E-state index in [0.717, 1.165) is 64.0 Å². The van der Waals surface area contributed by atoms with E-state index in [0.29, 0.717) is 29.3 Å². The van der Waals surface area contributed by atoms with Gasteiger partial charge in [-0.25, -0.2) is 4.39 Å². The Morgan fingerprint density at radius 1 is 0.957 bits per heavy atom. The summed E-state index contributed by atoms with van der Waals surface area (Å²) in [6.07, 6.45) is 7.56. The molecule has 5 heterocycles. The molecule has 4 aromatic heterocycles. The van der Waals surface area contributed by atoms with Crippen LogP contribution >= 0.6 is 0 Å². The first-order valence-corrected chi connectivity index (χ1v) is 15.4. The normalized spacial score (nSPS) is 13.7. The molecule has 7 rings (SSSR count). The third-order valence-electron chi connectivity index (χ3n) is 8.20. The summed E-state index contributed by atoms with van der Waals surface area (Å²) in [5.41, 5.74) is 7.01. The first-order chi connectivity index (χ1) is 22.4. The van der Waals surface area contributed by atoms with Crippen LogP contribution in [0.2, 0.25) is 0 Å². The Morgan fingerprint density at radius 3 is 2.65 bits per heavy atom. The van der Waals surface area contributed by atoms with Crippen molar-refractivity contribution in [3.63, 3.8) is 0 Å². The number of likely N-dealkylation sites (tertiary alicyclic amines) is 1. The van der Waals surface area contributed by atoms with Crippen molar-refractivity contribution in [2.24, 2.45) is 0 Å². The quantitative estimate of drug-likeness (QED) is 0.174. The molecule has 0 radical (unpaired) electrons. The van der Waals surface area contributed by atoms with Crippen LogP contribution < -0.4 is 10.1 Å². The molecule has 3 N–H and O–H groups in total. The average Bonchev–Trinajstić information content (AvgIpc) is 3.80. The first kappa shape index (κ1) is 29.6. The molecule has 1 aliphatic heterocycles. The van der Waals surface area contributed by atoms with E-state index in [1.807, 2.05) is 55.4 Å². The highest BCUT2D eigenvalue weighted by molar-refractivity contribution is 6.01. The molecule has 0 bridgehead atoms. The molecule has 10 nitrogen and oxygen atoms in total. The Labute approximate surface area is 265 Å². The molecule has 46 heavy (non-hydrogen) atoms. The Kier molecular flexibility index (Phi) is 8.17. The minimum atomic E-state index is -0.370. The van der Waals surface area contributed by atoms with Crippen LogP contribution in [0, 0.1) is 5.82 Å². The van der Waals surface area contributed by atoms with Crippen LogP contribution in [0.15, 0.2) is 73.2 Å². The van der Waals surface area contributed by atoms with Gasteiger partial charge in [-0.3, -0.25) is 24.8 Å². The molecule has 0 atom stereocenters. The third kappa shape index (κ3) is 6.33. The fourth-order valence-corrected chi connectivity index (χ4v) is 6.05. The number of carbonyl (C=O) groups is 1. The van der Waals surface area contributed by atoms with Crippen LogP contribution in [-0.4, -0.2) is 87.7 Å². The van der Waals surface area contributed by atoms with Crippen LogP contribution in [0.3, 0.4) is 0 Å². The number of aromatic nitrogens is 5. The second-order valence-corrected chi connectivity index (χ2v) is 12.0. The van der Waals surface area contributed by atoms with Crippen LogP contribution in [-0.2, 0) is 4.79 Å². The van der Waals surface area contributed by atoms with Crippen LogP contribution in [0.5, 0.6) is 5.75 Å². The number of halogens is 1. The maximum atomic E-state index is 14.8. The summed E-state index contributed by atoms with van der Waals surface area (Å²) >= 11 is 0. The van der Waals surface area contributed by atoms with E-state index in [1.54, 1.807) is 18.6 Å². The minimum Gasteiger partial charge on any atom is -0.492 e. The second-order valence-electron chi connectivity index (χ2n) is 12.0. The molecule has 11 heteroatoms. The summed E-state index contributed by atoms with van der Waals surface area (Å²) < 4.78 is 20.8. The number of aromatic amines is 2. The van der Waals surface area contributed by atoms with E-state index in [1.165, 1.54) is 25.0 Å². The van der Waals surface area contributed by atoms with Gasteiger partial charge in [-0.05, 0) is 88.1 Å². The second kappa shape index (κ2) is 12.7. The molecule has 234 valence electrons. The van der Waals surface area contributed by atoms with Gasteiger partial charge in [0.15, 0.2) is 0 Å². The fraction of sp³-hybridized carbons (Fsp3) is 0.257. The van der Waals surface area contributed by atoms with E-state index in [-0.39, 0.29) is 18.3 Å². The van der Waals surface area contributed by atoms with E-state index in [9.17, 15) is 9.18 Å². The Morgan fingerprint density at radius 2 is 1.80 bits per heavy atom. The standard InChI is InChI=1S/C35H35FN8O2/c1-43(2)21-33(45)39-26-14-24(19-37-20-26)22-5-6-31-28(16-22)35(42-41-31)32-18-29-30(40-32)7-8-38-34(29)23-13-25(36)17-27(15-23)46-12-11-44-9-3-4-10-44/h5-8,13-20,40H,3-4,9-12,21H2,1-2H3,(H,39,45)(H,41,42). The zero-order chi connectivity index (χ0) is 31.6. The number of ether oxygens (including phenoxy) is 1. The number of benzene rings is 2. The number of nitrogens with one attached hydrogen (secondary N) is 3. The molecule has 1 amide bonds. The number of likely N-dealkylation sites (N-methyl/N-ethyl adjacent to an activating group) is 1. The molecule has 0 spiro atoms. The van der Waals surface area contributed by atoms with Gasteiger partial charge in [0.1, 0.15) is 23.9 Å². The lowest BCUT2D eigenvalue weighted by Gasteiger charge is -2.15. The molecular weight excluding hydrogens is 583 g/mol. The zero-order valence-electron chi connectivity index (χ0n) is 25.8. The number of hydrogen-bond acceptors (Lipinski definition) is 7. The monoisotopic (exact) mass is 618 g/mol. The van der Waals surface area contributed by atoms with Gasteiger partial charge >= 0.3 is 0 Å².